The van der Waals surface area contributed by atoms with E-state index in [1.54, 1.807) is 19.9 Å². The Morgan fingerprint density at radius 3 is 2.47 bits per heavy atom. The van der Waals surface area contributed by atoms with Gasteiger partial charge in [-0.2, -0.15) is 0 Å². The lowest BCUT2D eigenvalue weighted by Crippen LogP contribution is -2.17. The first-order valence-electron chi connectivity index (χ1n) is 5.74. The molecule has 0 aliphatic rings. The summed E-state index contributed by atoms with van der Waals surface area (Å²) < 4.78 is 14.6. The number of rotatable bonds is 4. The number of benzene rings is 1. The van der Waals surface area contributed by atoms with Gasteiger partial charge >= 0.3 is 12.1 Å². The first-order valence-corrected chi connectivity index (χ1v) is 5.74. The average molecular weight is 267 g/mol. The van der Waals surface area contributed by atoms with Gasteiger partial charge in [0, 0.05) is 6.07 Å². The quantitative estimate of drug-likeness (QED) is 0.848. The summed E-state index contributed by atoms with van der Waals surface area (Å²) in [6.45, 7) is 3.66. The van der Waals surface area contributed by atoms with E-state index in [1.807, 2.05) is 0 Å². The zero-order valence-corrected chi connectivity index (χ0v) is 11.4. The number of ether oxygens (including phenoxy) is 3. The number of carbonyl (C=O) groups excluding carboxylic acids is 2. The fourth-order valence-corrected chi connectivity index (χ4v) is 1.62. The number of anilines is 1. The highest BCUT2D eigenvalue weighted by molar-refractivity contribution is 6.01. The Hall–Kier alpha value is -2.24. The number of aryl methyl sites for hydroxylation is 1. The van der Waals surface area contributed by atoms with Crippen molar-refractivity contribution in [2.24, 2.45) is 0 Å². The third-order valence-electron chi connectivity index (χ3n) is 2.45. The highest BCUT2D eigenvalue weighted by Gasteiger charge is 2.18. The van der Waals surface area contributed by atoms with Crippen molar-refractivity contribution in [2.45, 2.75) is 13.8 Å². The molecule has 0 spiro atoms. The lowest BCUT2D eigenvalue weighted by Gasteiger charge is -2.13. The standard InChI is InChI=1S/C13H17NO5/c1-5-19-13(16)14-10-7-9(17-3)6-8(2)11(10)12(15)18-4/h6-7H,5H2,1-4H3,(H,14,16). The second kappa shape index (κ2) is 6.63. The van der Waals surface area contributed by atoms with Crippen LogP contribution in [-0.2, 0) is 9.47 Å². The fourth-order valence-electron chi connectivity index (χ4n) is 1.62. The van der Waals surface area contributed by atoms with Crippen molar-refractivity contribution in [2.75, 3.05) is 26.1 Å². The molecule has 0 heterocycles. The Kier molecular flexibility index (Phi) is 5.17. The van der Waals surface area contributed by atoms with Crippen molar-refractivity contribution in [3.63, 3.8) is 0 Å². The average Bonchev–Trinajstić information content (AvgIpc) is 2.37. The van der Waals surface area contributed by atoms with Gasteiger partial charge < -0.3 is 14.2 Å². The molecule has 0 saturated carbocycles. The molecule has 0 aliphatic heterocycles. The maximum atomic E-state index is 11.7. The van der Waals surface area contributed by atoms with Crippen LogP contribution in [0.1, 0.15) is 22.8 Å². The van der Waals surface area contributed by atoms with Crippen molar-refractivity contribution in [3.8, 4) is 5.75 Å². The molecule has 104 valence electrons. The summed E-state index contributed by atoms with van der Waals surface area (Å²) in [5, 5.41) is 2.50. The van der Waals surface area contributed by atoms with Gasteiger partial charge in [-0.15, -0.1) is 0 Å². The van der Waals surface area contributed by atoms with Crippen LogP contribution >= 0.6 is 0 Å². The van der Waals surface area contributed by atoms with E-state index < -0.39 is 12.1 Å². The van der Waals surface area contributed by atoms with Crippen LogP contribution in [0.2, 0.25) is 0 Å². The Bertz CT molecular complexity index is 484. The molecule has 1 amide bonds. The summed E-state index contributed by atoms with van der Waals surface area (Å²) in [6.07, 6.45) is -0.639. The lowest BCUT2D eigenvalue weighted by atomic mass is 10.1. The van der Waals surface area contributed by atoms with Gasteiger partial charge in [-0.1, -0.05) is 0 Å². The molecule has 0 radical (unpaired) electrons. The first kappa shape index (κ1) is 14.8. The smallest absolute Gasteiger partial charge is 0.411 e. The zero-order valence-electron chi connectivity index (χ0n) is 11.4. The SMILES string of the molecule is CCOC(=O)Nc1cc(OC)cc(C)c1C(=O)OC. The normalized spacial score (nSPS) is 9.68. The van der Waals surface area contributed by atoms with Gasteiger partial charge in [-0.25, -0.2) is 9.59 Å². The molecule has 1 aromatic rings. The maximum absolute atomic E-state index is 11.7. The monoisotopic (exact) mass is 267 g/mol. The Balaban J connectivity index is 3.20. The Labute approximate surface area is 111 Å². The van der Waals surface area contributed by atoms with Crippen molar-refractivity contribution in [3.05, 3.63) is 23.3 Å². The molecule has 19 heavy (non-hydrogen) atoms. The minimum Gasteiger partial charge on any atom is -0.497 e. The molecule has 0 saturated heterocycles. The summed E-state index contributed by atoms with van der Waals surface area (Å²) in [4.78, 5) is 23.2. The minimum absolute atomic E-state index is 0.238. The number of carbonyl (C=O) groups is 2. The van der Waals surface area contributed by atoms with E-state index in [0.717, 1.165) is 0 Å². The topological polar surface area (TPSA) is 73.9 Å². The third kappa shape index (κ3) is 3.61. The number of esters is 1. The molecule has 0 bridgehead atoms. The summed E-state index contributed by atoms with van der Waals surface area (Å²) in [7, 11) is 2.78. The van der Waals surface area contributed by atoms with Gasteiger partial charge in [-0.05, 0) is 25.5 Å². The minimum atomic E-state index is -0.639. The van der Waals surface area contributed by atoms with Gasteiger partial charge in [0.15, 0.2) is 0 Å². The van der Waals surface area contributed by atoms with Gasteiger partial charge in [0.1, 0.15) is 5.75 Å². The molecule has 1 N–H and O–H groups in total. The number of hydrogen-bond donors (Lipinski definition) is 1. The Morgan fingerprint density at radius 2 is 1.95 bits per heavy atom. The maximum Gasteiger partial charge on any atom is 0.411 e. The van der Waals surface area contributed by atoms with E-state index in [4.69, 9.17) is 14.2 Å². The van der Waals surface area contributed by atoms with Gasteiger partial charge in [-0.3, -0.25) is 5.32 Å². The fraction of sp³-hybridized carbons (Fsp3) is 0.385. The van der Waals surface area contributed by atoms with Gasteiger partial charge in [0.2, 0.25) is 0 Å². The van der Waals surface area contributed by atoms with E-state index in [1.165, 1.54) is 20.3 Å². The van der Waals surface area contributed by atoms with Crippen molar-refractivity contribution >= 4 is 17.7 Å². The second-order valence-corrected chi connectivity index (χ2v) is 3.70. The van der Waals surface area contributed by atoms with Crippen molar-refractivity contribution < 1.29 is 23.8 Å². The van der Waals surface area contributed by atoms with Crippen LogP contribution in [-0.4, -0.2) is 32.9 Å². The zero-order chi connectivity index (χ0) is 14.4. The van der Waals surface area contributed by atoms with Gasteiger partial charge in [0.05, 0.1) is 32.1 Å². The molecule has 6 heteroatoms. The molecule has 1 rings (SSSR count). The number of nitrogens with one attached hydrogen (secondary N) is 1. The van der Waals surface area contributed by atoms with E-state index >= 15 is 0 Å². The van der Waals surface area contributed by atoms with E-state index in [9.17, 15) is 9.59 Å². The summed E-state index contributed by atoms with van der Waals surface area (Å²) in [5.74, 6) is -0.0103. The van der Waals surface area contributed by atoms with E-state index in [0.29, 0.717) is 17.0 Å². The molecular formula is C13H17NO5. The summed E-state index contributed by atoms with van der Waals surface area (Å²) in [5.41, 5.74) is 1.21. The van der Waals surface area contributed by atoms with Crippen LogP contribution in [0, 0.1) is 6.92 Å². The van der Waals surface area contributed by atoms with Crippen LogP contribution in [0.25, 0.3) is 0 Å². The molecule has 6 nitrogen and oxygen atoms in total. The third-order valence-corrected chi connectivity index (χ3v) is 2.45. The van der Waals surface area contributed by atoms with Crippen LogP contribution in [0.15, 0.2) is 12.1 Å². The lowest BCUT2D eigenvalue weighted by molar-refractivity contribution is 0.0601. The van der Waals surface area contributed by atoms with Crippen molar-refractivity contribution in [1.29, 1.82) is 0 Å². The van der Waals surface area contributed by atoms with Crippen LogP contribution < -0.4 is 10.1 Å². The number of methoxy groups -OCH3 is 2. The summed E-state index contributed by atoms with van der Waals surface area (Å²) in [6, 6.07) is 3.22. The molecule has 0 aliphatic carbocycles. The molecule has 1 aromatic carbocycles. The first-order chi connectivity index (χ1) is 9.03. The Morgan fingerprint density at radius 1 is 1.26 bits per heavy atom. The molecular weight excluding hydrogens is 250 g/mol. The number of hydrogen-bond acceptors (Lipinski definition) is 5. The highest BCUT2D eigenvalue weighted by Crippen LogP contribution is 2.27. The molecule has 0 aromatic heterocycles. The number of amides is 1. The molecule has 0 fully saturated rings. The van der Waals surface area contributed by atoms with Crippen LogP contribution in [0.3, 0.4) is 0 Å². The molecule has 0 unspecified atom stereocenters. The van der Waals surface area contributed by atoms with Crippen LogP contribution in [0.5, 0.6) is 5.75 Å². The predicted octanol–water partition coefficient (Wildman–Crippen LogP) is 2.36. The van der Waals surface area contributed by atoms with Crippen molar-refractivity contribution in [1.82, 2.24) is 0 Å². The second-order valence-electron chi connectivity index (χ2n) is 3.70. The molecule has 0 atom stereocenters. The van der Waals surface area contributed by atoms with Gasteiger partial charge in [0.25, 0.3) is 0 Å². The predicted molar refractivity (Wildman–Crippen MR) is 69.7 cm³/mol. The highest BCUT2D eigenvalue weighted by atomic mass is 16.5. The van der Waals surface area contributed by atoms with E-state index in [2.05, 4.69) is 5.32 Å². The van der Waals surface area contributed by atoms with Crippen LogP contribution in [0.4, 0.5) is 10.5 Å². The summed E-state index contributed by atoms with van der Waals surface area (Å²) >= 11 is 0. The largest absolute Gasteiger partial charge is 0.497 e. The van der Waals surface area contributed by atoms with E-state index in [-0.39, 0.29) is 12.2 Å².